The average Bonchev–Trinajstić information content (AvgIpc) is 2.93. The summed E-state index contributed by atoms with van der Waals surface area (Å²) in [5.41, 5.74) is 1.67. The Morgan fingerprint density at radius 3 is 2.90 bits per heavy atom. The van der Waals surface area contributed by atoms with Crippen LogP contribution in [0, 0.1) is 0 Å². The second kappa shape index (κ2) is 5.83. The molecule has 1 N–H and O–H groups in total. The van der Waals surface area contributed by atoms with Crippen LogP contribution < -0.4 is 5.32 Å². The number of rotatable bonds is 4. The Hall–Kier alpha value is -2.21. The number of methoxy groups -OCH3 is 1. The normalized spacial score (nSPS) is 11.9. The molecule has 0 saturated heterocycles. The third kappa shape index (κ3) is 2.70. The molecule has 6 nitrogen and oxygen atoms in total. The Kier molecular flexibility index (Phi) is 4.14. The Morgan fingerprint density at radius 2 is 2.20 bits per heavy atom. The van der Waals surface area contributed by atoms with E-state index >= 15 is 0 Å². The number of hydrogen-bond acceptors (Lipinski definition) is 5. The van der Waals surface area contributed by atoms with Gasteiger partial charge in [-0.25, -0.2) is 4.79 Å². The number of carbonyl (C=O) groups excluding carboxylic acids is 3. The number of fused-ring (bicyclic) bond motifs is 1. The third-order valence-electron chi connectivity index (χ3n) is 2.80. The summed E-state index contributed by atoms with van der Waals surface area (Å²) in [6.45, 7) is -0.450. The number of ketones is 1. The molecular formula is C13H11ClN2O4. The van der Waals surface area contributed by atoms with Gasteiger partial charge in [0, 0.05) is 18.2 Å². The van der Waals surface area contributed by atoms with Crippen molar-refractivity contribution in [3.63, 3.8) is 0 Å². The summed E-state index contributed by atoms with van der Waals surface area (Å²) in [5.74, 6) is -2.42. The third-order valence-corrected chi connectivity index (χ3v) is 3.20. The zero-order valence-corrected chi connectivity index (χ0v) is 11.4. The van der Waals surface area contributed by atoms with Gasteiger partial charge in [-0.05, 0) is 0 Å². The van der Waals surface area contributed by atoms with Gasteiger partial charge in [0.25, 0.3) is 11.7 Å². The van der Waals surface area contributed by atoms with Crippen molar-refractivity contribution in [2.24, 2.45) is 0 Å². The van der Waals surface area contributed by atoms with Gasteiger partial charge in [-0.3, -0.25) is 14.6 Å². The molecule has 1 aromatic rings. The van der Waals surface area contributed by atoms with Gasteiger partial charge in [0.1, 0.15) is 0 Å². The number of aromatic nitrogens is 1. The molecule has 1 heterocycles. The van der Waals surface area contributed by atoms with Crippen molar-refractivity contribution in [3.8, 4) is 0 Å². The second-order valence-electron chi connectivity index (χ2n) is 4.05. The molecule has 0 spiro atoms. The molecule has 1 aliphatic carbocycles. The van der Waals surface area contributed by atoms with Crippen molar-refractivity contribution in [1.82, 2.24) is 10.3 Å². The van der Waals surface area contributed by atoms with Crippen molar-refractivity contribution in [3.05, 3.63) is 34.1 Å². The lowest BCUT2D eigenvalue weighted by molar-refractivity contribution is -0.151. The lowest BCUT2D eigenvalue weighted by Gasteiger charge is -2.08. The first kappa shape index (κ1) is 14.2. The molecule has 0 atom stereocenters. The van der Waals surface area contributed by atoms with Gasteiger partial charge in [-0.15, -0.1) is 0 Å². The van der Waals surface area contributed by atoms with Crippen LogP contribution in [0.3, 0.4) is 0 Å². The zero-order valence-electron chi connectivity index (χ0n) is 10.6. The predicted molar refractivity (Wildman–Crippen MR) is 71.3 cm³/mol. The average molecular weight is 295 g/mol. The zero-order chi connectivity index (χ0) is 14.7. The van der Waals surface area contributed by atoms with Crippen molar-refractivity contribution >= 4 is 35.3 Å². The number of pyridine rings is 1. The van der Waals surface area contributed by atoms with Crippen LogP contribution in [0.4, 0.5) is 0 Å². The summed E-state index contributed by atoms with van der Waals surface area (Å²) in [4.78, 5) is 38.2. The number of ether oxygens (including phenoxy) is 1. The highest BCUT2D eigenvalue weighted by atomic mass is 35.5. The maximum absolute atomic E-state index is 11.9. The van der Waals surface area contributed by atoms with Crippen LogP contribution in [0.1, 0.15) is 21.6 Å². The van der Waals surface area contributed by atoms with E-state index in [0.717, 1.165) is 12.8 Å². The highest BCUT2D eigenvalue weighted by Gasteiger charge is 2.20. The van der Waals surface area contributed by atoms with E-state index in [4.69, 9.17) is 11.6 Å². The van der Waals surface area contributed by atoms with E-state index in [-0.39, 0.29) is 10.6 Å². The molecule has 1 amide bonds. The molecule has 1 aromatic heterocycles. The van der Waals surface area contributed by atoms with Crippen molar-refractivity contribution in [2.75, 3.05) is 13.7 Å². The van der Waals surface area contributed by atoms with E-state index in [1.54, 1.807) is 6.08 Å². The van der Waals surface area contributed by atoms with Crippen LogP contribution in [-0.2, 0) is 20.7 Å². The van der Waals surface area contributed by atoms with Gasteiger partial charge in [0.15, 0.2) is 0 Å². The van der Waals surface area contributed by atoms with Crippen LogP contribution in [0.2, 0.25) is 5.02 Å². The highest BCUT2D eigenvalue weighted by molar-refractivity contribution is 6.36. The number of nitrogens with one attached hydrogen (secondary N) is 1. The number of hydrogen-bond donors (Lipinski definition) is 1. The number of amides is 1. The first-order valence-electron chi connectivity index (χ1n) is 5.78. The molecule has 0 bridgehead atoms. The first-order chi connectivity index (χ1) is 9.54. The molecule has 20 heavy (non-hydrogen) atoms. The van der Waals surface area contributed by atoms with E-state index in [1.165, 1.54) is 6.20 Å². The number of allylic oxidation sites excluding steroid dienone is 1. The van der Waals surface area contributed by atoms with E-state index < -0.39 is 24.2 Å². The molecule has 0 unspecified atom stereocenters. The van der Waals surface area contributed by atoms with Gasteiger partial charge < -0.3 is 10.1 Å². The van der Waals surface area contributed by atoms with E-state index in [9.17, 15) is 14.4 Å². The molecule has 0 fully saturated rings. The monoisotopic (exact) mass is 294 g/mol. The van der Waals surface area contributed by atoms with Crippen LogP contribution in [-0.4, -0.2) is 36.3 Å². The van der Waals surface area contributed by atoms with Crippen LogP contribution >= 0.6 is 11.6 Å². The Bertz CT molecular complexity index is 625. The molecule has 1 aliphatic rings. The van der Waals surface area contributed by atoms with Crippen molar-refractivity contribution < 1.29 is 19.1 Å². The number of halogens is 1. The number of esters is 1. The molecule has 104 valence electrons. The second-order valence-corrected chi connectivity index (χ2v) is 4.43. The van der Waals surface area contributed by atoms with Crippen LogP contribution in [0.5, 0.6) is 0 Å². The van der Waals surface area contributed by atoms with Gasteiger partial charge in [-0.1, -0.05) is 23.8 Å². The SMILES string of the molecule is COC(=O)C(=O)CNC(=O)c1cnc2c(c1Cl)C=CC2. The lowest BCUT2D eigenvalue weighted by atomic mass is 10.1. The largest absolute Gasteiger partial charge is 0.463 e. The van der Waals surface area contributed by atoms with E-state index in [2.05, 4.69) is 15.0 Å². The maximum Gasteiger partial charge on any atom is 0.376 e. The Balaban J connectivity index is 2.09. The molecular weight excluding hydrogens is 284 g/mol. The molecule has 0 saturated carbocycles. The summed E-state index contributed by atoms with van der Waals surface area (Å²) in [5, 5.41) is 2.59. The minimum atomic E-state index is -1.01. The highest BCUT2D eigenvalue weighted by Crippen LogP contribution is 2.28. The molecule has 2 rings (SSSR count). The predicted octanol–water partition coefficient (Wildman–Crippen LogP) is 0.776. The topological polar surface area (TPSA) is 85.4 Å². The quantitative estimate of drug-likeness (QED) is 0.655. The summed E-state index contributed by atoms with van der Waals surface area (Å²) in [7, 11) is 1.09. The summed E-state index contributed by atoms with van der Waals surface area (Å²) in [6.07, 6.45) is 5.72. The Morgan fingerprint density at radius 1 is 1.45 bits per heavy atom. The van der Waals surface area contributed by atoms with Crippen LogP contribution in [0.15, 0.2) is 12.3 Å². The first-order valence-corrected chi connectivity index (χ1v) is 6.15. The minimum absolute atomic E-state index is 0.162. The smallest absolute Gasteiger partial charge is 0.376 e. The van der Waals surface area contributed by atoms with Crippen molar-refractivity contribution in [2.45, 2.75) is 6.42 Å². The minimum Gasteiger partial charge on any atom is -0.463 e. The molecule has 0 radical (unpaired) electrons. The number of carbonyl (C=O) groups is 3. The fraction of sp³-hybridized carbons (Fsp3) is 0.231. The fourth-order valence-electron chi connectivity index (χ4n) is 1.76. The van der Waals surface area contributed by atoms with Gasteiger partial charge in [0.05, 0.1) is 29.9 Å². The Labute approximate surface area is 119 Å². The molecule has 0 aromatic carbocycles. The van der Waals surface area contributed by atoms with Crippen molar-refractivity contribution in [1.29, 1.82) is 0 Å². The number of nitrogens with zero attached hydrogens (tertiary/aromatic N) is 1. The standard InChI is InChI=1S/C13H11ClN2O4/c1-20-13(19)10(17)6-16-12(18)8-5-15-9-4-2-3-7(9)11(8)14/h2-3,5H,4,6H2,1H3,(H,16,18). The fourth-order valence-corrected chi connectivity index (χ4v) is 2.07. The van der Waals surface area contributed by atoms with Gasteiger partial charge in [-0.2, -0.15) is 0 Å². The van der Waals surface area contributed by atoms with E-state index in [0.29, 0.717) is 12.0 Å². The lowest BCUT2D eigenvalue weighted by Crippen LogP contribution is -2.34. The molecule has 7 heteroatoms. The molecule has 0 aliphatic heterocycles. The van der Waals surface area contributed by atoms with Gasteiger partial charge >= 0.3 is 5.97 Å². The van der Waals surface area contributed by atoms with Gasteiger partial charge in [0.2, 0.25) is 0 Å². The summed E-state index contributed by atoms with van der Waals surface area (Å²) < 4.78 is 4.25. The maximum atomic E-state index is 11.9. The van der Waals surface area contributed by atoms with E-state index in [1.807, 2.05) is 6.08 Å². The number of Topliss-reactive ketones (excluding diaryl/α,β-unsaturated/α-hetero) is 1. The summed E-state index contributed by atoms with van der Waals surface area (Å²) >= 11 is 6.13. The van der Waals surface area contributed by atoms with Crippen LogP contribution in [0.25, 0.3) is 6.08 Å². The summed E-state index contributed by atoms with van der Waals surface area (Å²) in [6, 6.07) is 0.